The first kappa shape index (κ1) is 20.6. The van der Waals surface area contributed by atoms with E-state index in [9.17, 15) is 9.59 Å². The summed E-state index contributed by atoms with van der Waals surface area (Å²) in [7, 11) is 1.84. The first-order valence-corrected chi connectivity index (χ1v) is 10.0. The Balaban J connectivity index is 1.50. The molecule has 0 bridgehead atoms. The molecular weight excluding hydrogens is 388 g/mol. The van der Waals surface area contributed by atoms with E-state index in [-0.39, 0.29) is 17.4 Å². The summed E-state index contributed by atoms with van der Waals surface area (Å²) in [6.07, 6.45) is 0. The van der Waals surface area contributed by atoms with Crippen LogP contribution in [0.5, 0.6) is 5.75 Å². The van der Waals surface area contributed by atoms with E-state index in [4.69, 9.17) is 4.74 Å². The molecule has 0 aliphatic carbocycles. The summed E-state index contributed by atoms with van der Waals surface area (Å²) in [5.74, 6) is 1.46. The van der Waals surface area contributed by atoms with Crippen molar-refractivity contribution in [3.05, 3.63) is 65.5 Å². The van der Waals surface area contributed by atoms with Crippen LogP contribution in [0.15, 0.2) is 53.7 Å². The molecule has 0 aliphatic heterocycles. The largest absolute Gasteiger partial charge is 0.486 e. The van der Waals surface area contributed by atoms with Crippen LogP contribution in [0, 0.1) is 6.92 Å². The van der Waals surface area contributed by atoms with Gasteiger partial charge in [-0.05, 0) is 50.2 Å². The van der Waals surface area contributed by atoms with Gasteiger partial charge in [0.05, 0.1) is 5.75 Å². The lowest BCUT2D eigenvalue weighted by atomic mass is 10.1. The number of aromatic nitrogens is 3. The predicted octanol–water partition coefficient (Wildman–Crippen LogP) is 3.64. The standard InChI is InChI=1S/C21H22N4O3S/c1-14-4-10-18(11-5-14)28-12-19-23-24-21(25(19)3)29-13-20(27)22-17-8-6-16(7-9-17)15(2)26/h4-11H,12-13H2,1-3H3,(H,22,27). The molecule has 150 valence electrons. The van der Waals surface area contributed by atoms with Crippen molar-refractivity contribution in [2.24, 2.45) is 7.05 Å². The number of ketones is 1. The molecule has 1 N–H and O–H groups in total. The van der Waals surface area contributed by atoms with E-state index in [0.29, 0.717) is 28.8 Å². The fraction of sp³-hybridized carbons (Fsp3) is 0.238. The lowest BCUT2D eigenvalue weighted by Gasteiger charge is -2.07. The molecule has 0 unspecified atom stereocenters. The topological polar surface area (TPSA) is 86.1 Å². The summed E-state index contributed by atoms with van der Waals surface area (Å²) in [4.78, 5) is 23.5. The quantitative estimate of drug-likeness (QED) is 0.451. The van der Waals surface area contributed by atoms with Crippen molar-refractivity contribution in [1.82, 2.24) is 14.8 Å². The van der Waals surface area contributed by atoms with E-state index in [2.05, 4.69) is 15.5 Å². The Labute approximate surface area is 173 Å². The molecule has 0 radical (unpaired) electrons. The van der Waals surface area contributed by atoms with Crippen LogP contribution in [-0.2, 0) is 18.4 Å². The molecule has 0 saturated heterocycles. The van der Waals surface area contributed by atoms with Gasteiger partial charge in [0.25, 0.3) is 0 Å². The highest BCUT2D eigenvalue weighted by Crippen LogP contribution is 2.18. The number of Topliss-reactive ketones (excluding diaryl/α,β-unsaturated/α-hetero) is 1. The smallest absolute Gasteiger partial charge is 0.234 e. The average molecular weight is 410 g/mol. The van der Waals surface area contributed by atoms with Gasteiger partial charge in [0.2, 0.25) is 5.91 Å². The Kier molecular flexibility index (Phi) is 6.66. The minimum absolute atomic E-state index is 0.0112. The Hall–Kier alpha value is -3.13. The molecule has 0 atom stereocenters. The van der Waals surface area contributed by atoms with Crippen LogP contribution in [0.25, 0.3) is 0 Å². The minimum atomic E-state index is -0.161. The number of amides is 1. The van der Waals surface area contributed by atoms with Gasteiger partial charge < -0.3 is 14.6 Å². The second-order valence-corrected chi connectivity index (χ2v) is 7.47. The van der Waals surface area contributed by atoms with Crippen molar-refractivity contribution in [3.8, 4) is 5.75 Å². The summed E-state index contributed by atoms with van der Waals surface area (Å²) >= 11 is 1.29. The molecule has 0 fully saturated rings. The number of anilines is 1. The van der Waals surface area contributed by atoms with Crippen molar-refractivity contribution in [2.75, 3.05) is 11.1 Å². The highest BCUT2D eigenvalue weighted by atomic mass is 32.2. The van der Waals surface area contributed by atoms with Gasteiger partial charge in [0, 0.05) is 18.3 Å². The van der Waals surface area contributed by atoms with Gasteiger partial charge in [-0.2, -0.15) is 0 Å². The van der Waals surface area contributed by atoms with Crippen molar-refractivity contribution in [3.63, 3.8) is 0 Å². The Morgan fingerprint density at radius 2 is 1.76 bits per heavy atom. The number of aryl methyl sites for hydroxylation is 1. The number of hydrogen-bond acceptors (Lipinski definition) is 6. The zero-order chi connectivity index (χ0) is 20.8. The number of ether oxygens (including phenoxy) is 1. The van der Waals surface area contributed by atoms with Gasteiger partial charge in [-0.15, -0.1) is 10.2 Å². The van der Waals surface area contributed by atoms with Crippen LogP contribution in [-0.4, -0.2) is 32.2 Å². The van der Waals surface area contributed by atoms with E-state index in [0.717, 1.165) is 5.75 Å². The molecule has 0 saturated carbocycles. The molecule has 7 nitrogen and oxygen atoms in total. The molecule has 3 rings (SSSR count). The van der Waals surface area contributed by atoms with E-state index in [1.807, 2.05) is 42.8 Å². The highest BCUT2D eigenvalue weighted by molar-refractivity contribution is 7.99. The molecule has 2 aromatic carbocycles. The fourth-order valence-electron chi connectivity index (χ4n) is 2.49. The Morgan fingerprint density at radius 1 is 1.07 bits per heavy atom. The number of carbonyl (C=O) groups excluding carboxylic acids is 2. The number of nitrogens with one attached hydrogen (secondary N) is 1. The third kappa shape index (κ3) is 5.68. The number of nitrogens with zero attached hydrogens (tertiary/aromatic N) is 3. The van der Waals surface area contributed by atoms with Crippen LogP contribution in [0.1, 0.15) is 28.7 Å². The van der Waals surface area contributed by atoms with Crippen molar-refractivity contribution in [1.29, 1.82) is 0 Å². The van der Waals surface area contributed by atoms with Gasteiger partial charge in [-0.25, -0.2) is 0 Å². The molecule has 0 aliphatic rings. The molecule has 1 amide bonds. The number of thioether (sulfide) groups is 1. The van der Waals surface area contributed by atoms with Gasteiger partial charge in [-0.3, -0.25) is 9.59 Å². The van der Waals surface area contributed by atoms with E-state index in [1.54, 1.807) is 24.3 Å². The summed E-state index contributed by atoms with van der Waals surface area (Å²) in [6, 6.07) is 14.6. The van der Waals surface area contributed by atoms with E-state index in [1.165, 1.54) is 24.2 Å². The molecule has 8 heteroatoms. The third-order valence-electron chi connectivity index (χ3n) is 4.22. The van der Waals surface area contributed by atoms with Crippen molar-refractivity contribution < 1.29 is 14.3 Å². The van der Waals surface area contributed by atoms with Gasteiger partial charge in [-0.1, -0.05) is 29.5 Å². The molecule has 3 aromatic rings. The monoisotopic (exact) mass is 410 g/mol. The maximum absolute atomic E-state index is 12.2. The summed E-state index contributed by atoms with van der Waals surface area (Å²) in [5, 5.41) is 11.7. The number of benzene rings is 2. The first-order chi connectivity index (χ1) is 13.9. The lowest BCUT2D eigenvalue weighted by Crippen LogP contribution is -2.14. The van der Waals surface area contributed by atoms with Gasteiger partial charge >= 0.3 is 0 Å². The number of hydrogen-bond donors (Lipinski definition) is 1. The zero-order valence-corrected chi connectivity index (χ0v) is 17.3. The van der Waals surface area contributed by atoms with E-state index >= 15 is 0 Å². The van der Waals surface area contributed by atoms with Gasteiger partial charge in [0.1, 0.15) is 12.4 Å². The molecule has 1 aromatic heterocycles. The van der Waals surface area contributed by atoms with Crippen LogP contribution >= 0.6 is 11.8 Å². The third-order valence-corrected chi connectivity index (χ3v) is 5.24. The van der Waals surface area contributed by atoms with Crippen LogP contribution < -0.4 is 10.1 Å². The average Bonchev–Trinajstić information content (AvgIpc) is 3.06. The van der Waals surface area contributed by atoms with Crippen LogP contribution in [0.4, 0.5) is 5.69 Å². The molecule has 29 heavy (non-hydrogen) atoms. The fourth-order valence-corrected chi connectivity index (χ4v) is 3.22. The second-order valence-electron chi connectivity index (χ2n) is 6.53. The summed E-state index contributed by atoms with van der Waals surface area (Å²) in [5.41, 5.74) is 2.42. The SMILES string of the molecule is CC(=O)c1ccc(NC(=O)CSc2nnc(COc3ccc(C)cc3)n2C)cc1. The van der Waals surface area contributed by atoms with Crippen LogP contribution in [0.2, 0.25) is 0 Å². The molecule has 1 heterocycles. The predicted molar refractivity (Wildman–Crippen MR) is 112 cm³/mol. The number of rotatable bonds is 8. The normalized spacial score (nSPS) is 10.6. The molecule has 0 spiro atoms. The maximum Gasteiger partial charge on any atom is 0.234 e. The molecular formula is C21H22N4O3S. The van der Waals surface area contributed by atoms with Crippen LogP contribution in [0.3, 0.4) is 0 Å². The Morgan fingerprint density at radius 3 is 2.41 bits per heavy atom. The zero-order valence-electron chi connectivity index (χ0n) is 16.5. The highest BCUT2D eigenvalue weighted by Gasteiger charge is 2.12. The summed E-state index contributed by atoms with van der Waals surface area (Å²) < 4.78 is 7.55. The maximum atomic E-state index is 12.2. The Bertz CT molecular complexity index is 998. The number of carbonyl (C=O) groups is 2. The minimum Gasteiger partial charge on any atom is -0.486 e. The van der Waals surface area contributed by atoms with E-state index < -0.39 is 0 Å². The summed E-state index contributed by atoms with van der Waals surface area (Å²) in [6.45, 7) is 3.82. The lowest BCUT2D eigenvalue weighted by molar-refractivity contribution is -0.113. The first-order valence-electron chi connectivity index (χ1n) is 9.04. The second kappa shape index (κ2) is 9.38. The van der Waals surface area contributed by atoms with Gasteiger partial charge in [0.15, 0.2) is 16.8 Å². The van der Waals surface area contributed by atoms with Crippen molar-refractivity contribution in [2.45, 2.75) is 25.6 Å². The van der Waals surface area contributed by atoms with Crippen molar-refractivity contribution >= 4 is 29.1 Å².